The topological polar surface area (TPSA) is 72.2 Å². The first-order valence-corrected chi connectivity index (χ1v) is 5.99. The van der Waals surface area contributed by atoms with Crippen LogP contribution in [0.2, 0.25) is 0 Å². The first kappa shape index (κ1) is 12.9. The summed E-state index contributed by atoms with van der Waals surface area (Å²) in [5, 5.41) is 2.70. The minimum atomic E-state index is -4.58. The molecule has 0 aliphatic rings. The van der Waals surface area contributed by atoms with E-state index >= 15 is 0 Å². The molecule has 0 saturated carbocycles. The Morgan fingerprint density at radius 2 is 2.06 bits per heavy atom. The van der Waals surface area contributed by atoms with E-state index in [-0.39, 0.29) is 17.0 Å². The van der Waals surface area contributed by atoms with E-state index in [1.807, 2.05) is 0 Å². The molecule has 0 atom stereocenters. The third-order valence-electron chi connectivity index (χ3n) is 1.99. The maximum atomic E-state index is 12.4. The number of rotatable bonds is 4. The summed E-state index contributed by atoms with van der Waals surface area (Å²) in [4.78, 5) is -0.383. The summed E-state index contributed by atoms with van der Waals surface area (Å²) in [6, 6.07) is 3.75. The molecule has 7 heteroatoms. The zero-order valence-corrected chi connectivity index (χ0v) is 9.39. The Kier molecular flexibility index (Phi) is 3.82. The van der Waals surface area contributed by atoms with Gasteiger partial charge in [0.1, 0.15) is 0 Å². The number of hydrogen-bond donors (Lipinski definition) is 2. The molecule has 0 radical (unpaired) electrons. The second-order valence-corrected chi connectivity index (χ2v) is 5.09. The molecule has 0 unspecified atom stereocenters. The van der Waals surface area contributed by atoms with Crippen molar-refractivity contribution in [1.29, 1.82) is 0 Å². The lowest BCUT2D eigenvalue weighted by atomic mass is 10.2. The number of nitrogen functional groups attached to an aromatic ring is 1. The standard InChI is InChI=1S/C9H12F2N2O2S/c1-13-5-6-4-7(12)2-3-8(6)16(14,15)9(10)11/h2-4,9,13H,5,12H2,1H3. The number of sulfone groups is 1. The van der Waals surface area contributed by atoms with Gasteiger partial charge < -0.3 is 11.1 Å². The molecule has 3 N–H and O–H groups in total. The summed E-state index contributed by atoms with van der Waals surface area (Å²) in [7, 11) is -2.99. The number of anilines is 1. The highest BCUT2D eigenvalue weighted by molar-refractivity contribution is 7.91. The van der Waals surface area contributed by atoms with Crippen LogP contribution in [0.15, 0.2) is 23.1 Å². The predicted molar refractivity (Wildman–Crippen MR) is 56.8 cm³/mol. The second-order valence-electron chi connectivity index (χ2n) is 3.20. The molecular weight excluding hydrogens is 238 g/mol. The Morgan fingerprint density at radius 3 is 2.56 bits per heavy atom. The van der Waals surface area contributed by atoms with E-state index in [1.165, 1.54) is 12.1 Å². The molecule has 0 aromatic heterocycles. The summed E-state index contributed by atoms with van der Waals surface area (Å²) in [6.07, 6.45) is 0. The fraction of sp³-hybridized carbons (Fsp3) is 0.333. The SMILES string of the molecule is CNCc1cc(N)ccc1S(=O)(=O)C(F)F. The third-order valence-corrected chi connectivity index (χ3v) is 3.47. The summed E-state index contributed by atoms with van der Waals surface area (Å²) < 4.78 is 47.4. The van der Waals surface area contributed by atoms with Crippen molar-refractivity contribution >= 4 is 15.5 Å². The largest absolute Gasteiger partial charge is 0.399 e. The van der Waals surface area contributed by atoms with Crippen LogP contribution < -0.4 is 11.1 Å². The maximum Gasteiger partial charge on any atom is 0.341 e. The van der Waals surface area contributed by atoms with Gasteiger partial charge >= 0.3 is 5.76 Å². The highest BCUT2D eigenvalue weighted by atomic mass is 32.2. The minimum Gasteiger partial charge on any atom is -0.399 e. The molecule has 16 heavy (non-hydrogen) atoms. The monoisotopic (exact) mass is 250 g/mol. The lowest BCUT2D eigenvalue weighted by Gasteiger charge is -2.10. The molecule has 90 valence electrons. The molecule has 0 aliphatic heterocycles. The molecule has 4 nitrogen and oxygen atoms in total. The maximum absolute atomic E-state index is 12.4. The zero-order chi connectivity index (χ0) is 12.3. The fourth-order valence-corrected chi connectivity index (χ4v) is 2.25. The van der Waals surface area contributed by atoms with Crippen molar-refractivity contribution in [3.05, 3.63) is 23.8 Å². The first-order valence-electron chi connectivity index (χ1n) is 4.44. The molecule has 1 aromatic rings. The number of halogens is 2. The van der Waals surface area contributed by atoms with E-state index in [4.69, 9.17) is 5.73 Å². The van der Waals surface area contributed by atoms with Gasteiger partial charge in [-0.15, -0.1) is 0 Å². The lowest BCUT2D eigenvalue weighted by molar-refractivity contribution is 0.234. The average molecular weight is 250 g/mol. The van der Waals surface area contributed by atoms with E-state index < -0.39 is 15.6 Å². The highest BCUT2D eigenvalue weighted by Crippen LogP contribution is 2.24. The van der Waals surface area contributed by atoms with Gasteiger partial charge in [0.2, 0.25) is 9.84 Å². The van der Waals surface area contributed by atoms with Gasteiger partial charge in [0.05, 0.1) is 4.90 Å². The van der Waals surface area contributed by atoms with Crippen LogP contribution in [0.4, 0.5) is 14.5 Å². The normalized spacial score (nSPS) is 12.0. The van der Waals surface area contributed by atoms with Crippen LogP contribution in [0.5, 0.6) is 0 Å². The Bertz CT molecular complexity index is 474. The number of nitrogens with one attached hydrogen (secondary N) is 1. The fourth-order valence-electron chi connectivity index (χ4n) is 1.30. The van der Waals surface area contributed by atoms with Crippen LogP contribution in [-0.2, 0) is 16.4 Å². The second kappa shape index (κ2) is 4.75. The van der Waals surface area contributed by atoms with Crippen LogP contribution in [0.25, 0.3) is 0 Å². The van der Waals surface area contributed by atoms with Crippen molar-refractivity contribution < 1.29 is 17.2 Å². The van der Waals surface area contributed by atoms with Crippen LogP contribution in [0.1, 0.15) is 5.56 Å². The van der Waals surface area contributed by atoms with Gasteiger partial charge in [0.25, 0.3) is 0 Å². The third kappa shape index (κ3) is 2.48. The number of alkyl halides is 2. The predicted octanol–water partition coefficient (Wildman–Crippen LogP) is 0.985. The zero-order valence-electron chi connectivity index (χ0n) is 8.57. The van der Waals surface area contributed by atoms with Gasteiger partial charge in [-0.1, -0.05) is 0 Å². The van der Waals surface area contributed by atoms with Crippen molar-refractivity contribution in [2.24, 2.45) is 0 Å². The van der Waals surface area contributed by atoms with Gasteiger partial charge in [0.15, 0.2) is 0 Å². The van der Waals surface area contributed by atoms with Gasteiger partial charge in [-0.3, -0.25) is 0 Å². The number of benzene rings is 1. The Balaban J connectivity index is 3.33. The molecule has 0 bridgehead atoms. The van der Waals surface area contributed by atoms with E-state index in [0.717, 1.165) is 6.07 Å². The Labute approximate surface area is 92.4 Å². The van der Waals surface area contributed by atoms with E-state index in [0.29, 0.717) is 5.69 Å². The summed E-state index contributed by atoms with van der Waals surface area (Å²) in [6.45, 7) is 0.159. The average Bonchev–Trinajstić information content (AvgIpc) is 2.17. The number of hydrogen-bond acceptors (Lipinski definition) is 4. The molecule has 0 heterocycles. The smallest absolute Gasteiger partial charge is 0.341 e. The summed E-state index contributed by atoms with van der Waals surface area (Å²) >= 11 is 0. The minimum absolute atomic E-state index is 0.159. The van der Waals surface area contributed by atoms with Crippen LogP contribution in [0.3, 0.4) is 0 Å². The molecule has 0 spiro atoms. The van der Waals surface area contributed by atoms with Gasteiger partial charge in [-0.25, -0.2) is 8.42 Å². The highest BCUT2D eigenvalue weighted by Gasteiger charge is 2.28. The van der Waals surface area contributed by atoms with Crippen molar-refractivity contribution in [3.8, 4) is 0 Å². The van der Waals surface area contributed by atoms with Gasteiger partial charge in [-0.2, -0.15) is 8.78 Å². The van der Waals surface area contributed by atoms with Gasteiger partial charge in [-0.05, 0) is 30.8 Å². The van der Waals surface area contributed by atoms with Crippen molar-refractivity contribution in [2.45, 2.75) is 17.2 Å². The molecule has 1 aromatic carbocycles. The van der Waals surface area contributed by atoms with Crippen molar-refractivity contribution in [2.75, 3.05) is 12.8 Å². The van der Waals surface area contributed by atoms with E-state index in [9.17, 15) is 17.2 Å². The summed E-state index contributed by atoms with van der Waals surface area (Å²) in [5.74, 6) is -3.42. The molecule has 0 saturated heterocycles. The van der Waals surface area contributed by atoms with Gasteiger partial charge in [0, 0.05) is 12.2 Å². The van der Waals surface area contributed by atoms with Crippen LogP contribution in [-0.4, -0.2) is 21.2 Å². The van der Waals surface area contributed by atoms with Crippen LogP contribution in [0, 0.1) is 0 Å². The molecule has 0 aliphatic carbocycles. The Morgan fingerprint density at radius 1 is 1.44 bits per heavy atom. The van der Waals surface area contributed by atoms with Crippen molar-refractivity contribution in [1.82, 2.24) is 5.32 Å². The molecule has 0 fully saturated rings. The lowest BCUT2D eigenvalue weighted by Crippen LogP contribution is -2.16. The summed E-state index contributed by atoms with van der Waals surface area (Å²) in [5.41, 5.74) is 6.04. The number of nitrogens with two attached hydrogens (primary N) is 1. The molecular formula is C9H12F2N2O2S. The Hall–Kier alpha value is -1.21. The quantitative estimate of drug-likeness (QED) is 0.781. The van der Waals surface area contributed by atoms with Crippen molar-refractivity contribution in [3.63, 3.8) is 0 Å². The molecule has 0 amide bonds. The molecule has 1 rings (SSSR count). The van der Waals surface area contributed by atoms with E-state index in [1.54, 1.807) is 7.05 Å². The van der Waals surface area contributed by atoms with E-state index in [2.05, 4.69) is 5.32 Å². The first-order chi connectivity index (χ1) is 7.39. The van der Waals surface area contributed by atoms with Crippen LogP contribution >= 0.6 is 0 Å².